The standard InChI is InChI=1S/C18H24FNO2/c1-2-18(12-21)7-9-20(10-8-18)17(22)16-11-15(16)13-3-5-14(19)6-4-13/h3-6,15-16,21H,2,7-12H2,1H3. The first kappa shape index (κ1) is 15.5. The molecule has 1 saturated carbocycles. The molecule has 120 valence electrons. The van der Waals surface area contributed by atoms with E-state index in [-0.39, 0.29) is 35.6 Å². The van der Waals surface area contributed by atoms with Crippen molar-refractivity contribution < 1.29 is 14.3 Å². The third-order valence-electron chi connectivity index (χ3n) is 5.63. The molecule has 1 aliphatic heterocycles. The van der Waals surface area contributed by atoms with Crippen molar-refractivity contribution in [2.24, 2.45) is 11.3 Å². The highest BCUT2D eigenvalue weighted by molar-refractivity contribution is 5.83. The Morgan fingerprint density at radius 3 is 2.50 bits per heavy atom. The van der Waals surface area contributed by atoms with E-state index < -0.39 is 0 Å². The first-order valence-electron chi connectivity index (χ1n) is 8.24. The maximum absolute atomic E-state index is 13.0. The number of carbonyl (C=O) groups excluding carboxylic acids is 1. The zero-order valence-electron chi connectivity index (χ0n) is 13.1. The molecular weight excluding hydrogens is 281 g/mol. The highest BCUT2D eigenvalue weighted by Gasteiger charge is 2.47. The minimum atomic E-state index is -0.233. The minimum absolute atomic E-state index is 0.0106. The van der Waals surface area contributed by atoms with Gasteiger partial charge in [-0.3, -0.25) is 4.79 Å². The van der Waals surface area contributed by atoms with E-state index >= 15 is 0 Å². The summed E-state index contributed by atoms with van der Waals surface area (Å²) in [5, 5.41) is 9.57. The number of piperidine rings is 1. The van der Waals surface area contributed by atoms with Gasteiger partial charge in [0.1, 0.15) is 5.82 Å². The van der Waals surface area contributed by atoms with Gasteiger partial charge in [0, 0.05) is 25.6 Å². The van der Waals surface area contributed by atoms with E-state index in [2.05, 4.69) is 6.92 Å². The summed E-state index contributed by atoms with van der Waals surface area (Å²) in [5.74, 6) is 0.317. The third-order valence-corrected chi connectivity index (χ3v) is 5.63. The van der Waals surface area contributed by atoms with E-state index in [1.807, 2.05) is 4.90 Å². The number of amides is 1. The number of aliphatic hydroxyl groups is 1. The van der Waals surface area contributed by atoms with Crippen molar-refractivity contribution in [1.82, 2.24) is 4.90 Å². The van der Waals surface area contributed by atoms with Gasteiger partial charge >= 0.3 is 0 Å². The van der Waals surface area contributed by atoms with Crippen molar-refractivity contribution in [3.63, 3.8) is 0 Å². The van der Waals surface area contributed by atoms with Gasteiger partial charge in [-0.05, 0) is 54.7 Å². The van der Waals surface area contributed by atoms with Gasteiger partial charge in [0.15, 0.2) is 0 Å². The summed E-state index contributed by atoms with van der Waals surface area (Å²) in [6.45, 7) is 3.83. The summed E-state index contributed by atoms with van der Waals surface area (Å²) in [6, 6.07) is 6.51. The second-order valence-electron chi connectivity index (χ2n) is 6.84. The molecule has 1 heterocycles. The lowest BCUT2D eigenvalue weighted by Gasteiger charge is -2.40. The molecule has 0 radical (unpaired) electrons. The van der Waals surface area contributed by atoms with E-state index in [0.717, 1.165) is 44.3 Å². The quantitative estimate of drug-likeness (QED) is 0.929. The maximum Gasteiger partial charge on any atom is 0.226 e. The molecule has 0 bridgehead atoms. The Morgan fingerprint density at radius 2 is 1.95 bits per heavy atom. The molecule has 1 aromatic rings. The summed E-state index contributed by atoms with van der Waals surface area (Å²) in [7, 11) is 0. The van der Waals surface area contributed by atoms with Crippen LogP contribution in [0.2, 0.25) is 0 Å². The number of halogens is 1. The molecule has 0 spiro atoms. The summed E-state index contributed by atoms with van der Waals surface area (Å²) >= 11 is 0. The molecule has 22 heavy (non-hydrogen) atoms. The van der Waals surface area contributed by atoms with Crippen molar-refractivity contribution in [2.45, 2.75) is 38.5 Å². The fourth-order valence-electron chi connectivity index (χ4n) is 3.61. The molecular formula is C18H24FNO2. The lowest BCUT2D eigenvalue weighted by atomic mass is 9.77. The Kier molecular flexibility index (Phi) is 4.22. The number of likely N-dealkylation sites (tertiary alicyclic amines) is 1. The number of carbonyl (C=O) groups is 1. The Bertz CT molecular complexity index is 529. The third kappa shape index (κ3) is 2.89. The van der Waals surface area contributed by atoms with Gasteiger partial charge in [0.05, 0.1) is 0 Å². The largest absolute Gasteiger partial charge is 0.396 e. The van der Waals surface area contributed by atoms with Crippen LogP contribution in [0.15, 0.2) is 24.3 Å². The fraction of sp³-hybridized carbons (Fsp3) is 0.611. The fourth-order valence-corrected chi connectivity index (χ4v) is 3.61. The summed E-state index contributed by atoms with van der Waals surface area (Å²) < 4.78 is 13.0. The second kappa shape index (κ2) is 5.99. The molecule has 1 aliphatic carbocycles. The molecule has 3 rings (SSSR count). The number of rotatable bonds is 4. The van der Waals surface area contributed by atoms with Gasteiger partial charge in [-0.1, -0.05) is 19.1 Å². The zero-order chi connectivity index (χ0) is 15.7. The van der Waals surface area contributed by atoms with Crippen LogP contribution in [-0.2, 0) is 4.79 Å². The zero-order valence-corrected chi connectivity index (χ0v) is 13.1. The van der Waals surface area contributed by atoms with E-state index in [1.54, 1.807) is 12.1 Å². The van der Waals surface area contributed by atoms with Gasteiger partial charge in [-0.25, -0.2) is 4.39 Å². The molecule has 2 atom stereocenters. The van der Waals surface area contributed by atoms with Crippen LogP contribution in [0.25, 0.3) is 0 Å². The lowest BCUT2D eigenvalue weighted by molar-refractivity contribution is -0.135. The van der Waals surface area contributed by atoms with Crippen LogP contribution in [0.3, 0.4) is 0 Å². The number of benzene rings is 1. The molecule has 2 aliphatic rings. The van der Waals surface area contributed by atoms with E-state index in [9.17, 15) is 14.3 Å². The molecule has 2 fully saturated rings. The molecule has 1 N–H and O–H groups in total. The summed E-state index contributed by atoms with van der Waals surface area (Å²) in [5.41, 5.74) is 1.08. The normalized spacial score (nSPS) is 26.8. The average Bonchev–Trinajstić information content (AvgIpc) is 3.35. The number of hydrogen-bond acceptors (Lipinski definition) is 2. The topological polar surface area (TPSA) is 40.5 Å². The molecule has 1 saturated heterocycles. The monoisotopic (exact) mass is 305 g/mol. The number of hydrogen-bond donors (Lipinski definition) is 1. The van der Waals surface area contributed by atoms with Crippen molar-refractivity contribution in [3.05, 3.63) is 35.6 Å². The Morgan fingerprint density at radius 1 is 1.32 bits per heavy atom. The minimum Gasteiger partial charge on any atom is -0.396 e. The molecule has 1 aromatic carbocycles. The maximum atomic E-state index is 13.0. The van der Waals surface area contributed by atoms with Crippen LogP contribution < -0.4 is 0 Å². The van der Waals surface area contributed by atoms with Crippen LogP contribution in [0.4, 0.5) is 4.39 Å². The molecule has 3 nitrogen and oxygen atoms in total. The molecule has 2 unspecified atom stereocenters. The van der Waals surface area contributed by atoms with Gasteiger partial charge in [0.25, 0.3) is 0 Å². The van der Waals surface area contributed by atoms with E-state index in [0.29, 0.717) is 0 Å². The Balaban J connectivity index is 1.57. The Labute approximate surface area is 131 Å². The van der Waals surface area contributed by atoms with Gasteiger partial charge in [-0.15, -0.1) is 0 Å². The average molecular weight is 305 g/mol. The highest BCUT2D eigenvalue weighted by atomic mass is 19.1. The first-order chi connectivity index (χ1) is 10.6. The van der Waals surface area contributed by atoms with Crippen molar-refractivity contribution in [2.75, 3.05) is 19.7 Å². The second-order valence-corrected chi connectivity index (χ2v) is 6.84. The Hall–Kier alpha value is -1.42. The molecule has 1 amide bonds. The van der Waals surface area contributed by atoms with Crippen LogP contribution in [0.5, 0.6) is 0 Å². The van der Waals surface area contributed by atoms with Crippen LogP contribution in [0, 0.1) is 17.2 Å². The first-order valence-corrected chi connectivity index (χ1v) is 8.24. The van der Waals surface area contributed by atoms with Crippen molar-refractivity contribution >= 4 is 5.91 Å². The van der Waals surface area contributed by atoms with Gasteiger partial charge in [-0.2, -0.15) is 0 Å². The van der Waals surface area contributed by atoms with Crippen LogP contribution in [-0.4, -0.2) is 35.6 Å². The summed E-state index contributed by atoms with van der Waals surface area (Å²) in [6.07, 6.45) is 3.62. The van der Waals surface area contributed by atoms with Gasteiger partial charge in [0.2, 0.25) is 5.91 Å². The van der Waals surface area contributed by atoms with Crippen LogP contribution in [0.1, 0.15) is 44.1 Å². The van der Waals surface area contributed by atoms with E-state index in [1.165, 1.54) is 12.1 Å². The molecule has 0 aromatic heterocycles. The predicted octanol–water partition coefficient (Wildman–Crippen LogP) is 2.94. The van der Waals surface area contributed by atoms with Crippen LogP contribution >= 0.6 is 0 Å². The van der Waals surface area contributed by atoms with Crippen molar-refractivity contribution in [3.8, 4) is 0 Å². The molecule has 4 heteroatoms. The lowest BCUT2D eigenvalue weighted by Crippen LogP contribution is -2.45. The smallest absolute Gasteiger partial charge is 0.226 e. The van der Waals surface area contributed by atoms with E-state index in [4.69, 9.17) is 0 Å². The van der Waals surface area contributed by atoms with Gasteiger partial charge < -0.3 is 10.0 Å². The SMILES string of the molecule is CCC1(CO)CCN(C(=O)C2CC2c2ccc(F)cc2)CC1. The number of aliphatic hydroxyl groups excluding tert-OH is 1. The van der Waals surface area contributed by atoms with Crippen molar-refractivity contribution in [1.29, 1.82) is 0 Å². The highest BCUT2D eigenvalue weighted by Crippen LogP contribution is 2.49. The number of nitrogens with zero attached hydrogens (tertiary/aromatic N) is 1. The predicted molar refractivity (Wildman–Crippen MR) is 82.9 cm³/mol. The summed E-state index contributed by atoms with van der Waals surface area (Å²) in [4.78, 5) is 14.5.